The van der Waals surface area contributed by atoms with Crippen molar-refractivity contribution < 1.29 is 14.6 Å². The predicted molar refractivity (Wildman–Crippen MR) is 100 cm³/mol. The minimum Gasteiger partial charge on any atom is -0.487 e. The molecule has 3 aromatic rings. The Labute approximate surface area is 162 Å². The van der Waals surface area contributed by atoms with Crippen LogP contribution in [0.3, 0.4) is 0 Å². The van der Waals surface area contributed by atoms with E-state index in [9.17, 15) is 9.90 Å². The summed E-state index contributed by atoms with van der Waals surface area (Å²) in [5.74, 6) is 1.41. The summed E-state index contributed by atoms with van der Waals surface area (Å²) in [6.45, 7) is 3.50. The molecule has 1 N–H and O–H groups in total. The summed E-state index contributed by atoms with van der Waals surface area (Å²) >= 11 is 0. The van der Waals surface area contributed by atoms with Crippen molar-refractivity contribution in [2.75, 3.05) is 0 Å². The van der Waals surface area contributed by atoms with Crippen molar-refractivity contribution >= 4 is 5.97 Å². The largest absolute Gasteiger partial charge is 0.487 e. The molecule has 0 bridgehead atoms. The average Bonchev–Trinajstić information content (AvgIpc) is 3.07. The van der Waals surface area contributed by atoms with Crippen molar-refractivity contribution in [2.45, 2.75) is 39.2 Å². The average molecular weight is 379 g/mol. The third-order valence-electron chi connectivity index (χ3n) is 4.84. The molecule has 0 saturated heterocycles. The monoisotopic (exact) mass is 379 g/mol. The number of carbonyl (C=O) groups is 1. The van der Waals surface area contributed by atoms with E-state index in [2.05, 4.69) is 15.2 Å². The van der Waals surface area contributed by atoms with Gasteiger partial charge in [0, 0.05) is 12.7 Å². The van der Waals surface area contributed by atoms with Gasteiger partial charge in [-0.3, -0.25) is 14.7 Å². The van der Waals surface area contributed by atoms with Gasteiger partial charge in [-0.05, 0) is 36.8 Å². The Morgan fingerprint density at radius 1 is 1.25 bits per heavy atom. The highest BCUT2D eigenvalue weighted by atomic mass is 16.5. The zero-order valence-corrected chi connectivity index (χ0v) is 15.5. The van der Waals surface area contributed by atoms with Crippen LogP contribution in [0.1, 0.15) is 22.9 Å². The molecule has 1 atom stereocenters. The number of aryl methyl sites for hydroxylation is 1. The van der Waals surface area contributed by atoms with Crippen LogP contribution in [0.2, 0.25) is 0 Å². The summed E-state index contributed by atoms with van der Waals surface area (Å²) in [4.78, 5) is 18.0. The van der Waals surface area contributed by atoms with Crippen molar-refractivity contribution in [3.63, 3.8) is 0 Å². The molecule has 0 fully saturated rings. The molecule has 0 radical (unpaired) electrons. The first-order valence-electron chi connectivity index (χ1n) is 9.07. The van der Waals surface area contributed by atoms with Gasteiger partial charge in [0.25, 0.3) is 0 Å². The quantitative estimate of drug-likeness (QED) is 0.700. The number of hydrogen-bond donors (Lipinski definition) is 1. The second-order valence-corrected chi connectivity index (χ2v) is 6.79. The maximum atomic E-state index is 11.8. The number of rotatable bonds is 6. The van der Waals surface area contributed by atoms with Crippen LogP contribution in [0.5, 0.6) is 5.75 Å². The third-order valence-corrected chi connectivity index (χ3v) is 4.84. The fourth-order valence-corrected chi connectivity index (χ4v) is 3.37. The van der Waals surface area contributed by atoms with Crippen molar-refractivity contribution in [2.24, 2.45) is 0 Å². The molecule has 0 saturated carbocycles. The number of nitrogens with zero attached hydrogens (tertiary/aromatic N) is 5. The lowest BCUT2D eigenvalue weighted by Gasteiger charge is -2.33. The van der Waals surface area contributed by atoms with Crippen molar-refractivity contribution in [3.8, 4) is 5.75 Å². The van der Waals surface area contributed by atoms with Crippen LogP contribution >= 0.6 is 0 Å². The smallest absolute Gasteiger partial charge is 0.322 e. The molecular weight excluding hydrogens is 358 g/mol. The Morgan fingerprint density at radius 2 is 2.14 bits per heavy atom. The molecule has 0 spiro atoms. The number of hydrogen-bond acceptors (Lipinski definition) is 6. The molecule has 8 heteroatoms. The Morgan fingerprint density at radius 3 is 2.93 bits per heavy atom. The summed E-state index contributed by atoms with van der Waals surface area (Å²) in [7, 11) is 0. The molecule has 0 aliphatic carbocycles. The van der Waals surface area contributed by atoms with E-state index in [0.717, 1.165) is 28.7 Å². The van der Waals surface area contributed by atoms with Crippen molar-refractivity contribution in [3.05, 3.63) is 71.6 Å². The van der Waals surface area contributed by atoms with Gasteiger partial charge in [-0.1, -0.05) is 18.2 Å². The number of benzene rings is 1. The number of pyridine rings is 1. The lowest BCUT2D eigenvalue weighted by atomic mass is 10.1. The maximum absolute atomic E-state index is 11.8. The van der Waals surface area contributed by atoms with E-state index in [1.165, 1.54) is 0 Å². The van der Waals surface area contributed by atoms with E-state index in [0.29, 0.717) is 26.2 Å². The number of aliphatic carboxylic acids is 1. The highest BCUT2D eigenvalue weighted by Crippen LogP contribution is 2.22. The van der Waals surface area contributed by atoms with Crippen LogP contribution in [0.25, 0.3) is 0 Å². The van der Waals surface area contributed by atoms with Gasteiger partial charge >= 0.3 is 5.97 Å². The molecule has 1 aliphatic heterocycles. The molecule has 2 aromatic heterocycles. The van der Waals surface area contributed by atoms with Gasteiger partial charge in [0.15, 0.2) is 0 Å². The number of fused-ring (bicyclic) bond motifs is 1. The van der Waals surface area contributed by atoms with E-state index in [4.69, 9.17) is 4.74 Å². The number of carboxylic acid groups (broad SMARTS) is 1. The predicted octanol–water partition coefficient (Wildman–Crippen LogP) is 2.03. The summed E-state index contributed by atoms with van der Waals surface area (Å²) in [5, 5.41) is 17.9. The van der Waals surface area contributed by atoms with Crippen molar-refractivity contribution in [1.29, 1.82) is 0 Å². The van der Waals surface area contributed by atoms with E-state index in [1.807, 2.05) is 58.9 Å². The molecule has 8 nitrogen and oxygen atoms in total. The Bertz CT molecular complexity index is 973. The third kappa shape index (κ3) is 3.86. The molecular formula is C20H21N5O3. The highest BCUT2D eigenvalue weighted by Gasteiger charge is 2.33. The van der Waals surface area contributed by atoms with Crippen LogP contribution < -0.4 is 4.74 Å². The van der Waals surface area contributed by atoms with Gasteiger partial charge < -0.3 is 14.4 Å². The molecule has 4 rings (SSSR count). The Hall–Kier alpha value is -3.26. The van der Waals surface area contributed by atoms with Crippen LogP contribution in [0.15, 0.2) is 48.7 Å². The lowest BCUT2D eigenvalue weighted by Crippen LogP contribution is -2.47. The van der Waals surface area contributed by atoms with Crippen LogP contribution in [0, 0.1) is 6.92 Å². The molecule has 1 unspecified atom stereocenters. The number of ether oxygens (including phenoxy) is 1. The standard InChI is InChI=1S/C20H21N5O3/c1-14-22-23-19-12-24(18(20(26)27)11-25(14)19)10-15-5-4-7-17(9-15)28-13-16-6-2-3-8-21-16/h2-9,18H,10-13H2,1H3,(H,26,27). The lowest BCUT2D eigenvalue weighted by molar-refractivity contribution is -0.145. The normalized spacial score (nSPS) is 16.5. The van der Waals surface area contributed by atoms with Gasteiger partial charge in [0.2, 0.25) is 0 Å². The first-order valence-corrected chi connectivity index (χ1v) is 9.07. The van der Waals surface area contributed by atoms with E-state index >= 15 is 0 Å². The molecule has 3 heterocycles. The molecule has 144 valence electrons. The van der Waals surface area contributed by atoms with Crippen LogP contribution in [-0.4, -0.2) is 41.8 Å². The highest BCUT2D eigenvalue weighted by molar-refractivity contribution is 5.73. The van der Waals surface area contributed by atoms with Gasteiger partial charge in [0.1, 0.15) is 30.0 Å². The van der Waals surface area contributed by atoms with E-state index in [1.54, 1.807) is 6.20 Å². The van der Waals surface area contributed by atoms with Gasteiger partial charge in [-0.15, -0.1) is 10.2 Å². The topological polar surface area (TPSA) is 93.4 Å². The summed E-state index contributed by atoms with van der Waals surface area (Å²) in [6.07, 6.45) is 1.73. The summed E-state index contributed by atoms with van der Waals surface area (Å²) < 4.78 is 7.71. The number of aromatic nitrogens is 4. The molecule has 28 heavy (non-hydrogen) atoms. The van der Waals surface area contributed by atoms with Crippen LogP contribution in [0.4, 0.5) is 0 Å². The Balaban J connectivity index is 1.48. The molecule has 0 amide bonds. The first kappa shape index (κ1) is 18.1. The summed E-state index contributed by atoms with van der Waals surface area (Å²) in [6, 6.07) is 12.8. The maximum Gasteiger partial charge on any atom is 0.322 e. The van der Waals surface area contributed by atoms with Crippen LogP contribution in [-0.2, 0) is 31.0 Å². The van der Waals surface area contributed by atoms with Gasteiger partial charge in [-0.2, -0.15) is 0 Å². The SMILES string of the molecule is Cc1nnc2n1CC(C(=O)O)N(Cc1cccc(OCc3ccccn3)c1)C2. The number of carboxylic acids is 1. The summed E-state index contributed by atoms with van der Waals surface area (Å²) in [5.41, 5.74) is 1.83. The molecule has 1 aliphatic rings. The minimum atomic E-state index is -0.846. The fraction of sp³-hybridized carbons (Fsp3) is 0.300. The minimum absolute atomic E-state index is 0.347. The second kappa shape index (κ2) is 7.77. The van der Waals surface area contributed by atoms with Gasteiger partial charge in [-0.25, -0.2) is 0 Å². The Kier molecular flexibility index (Phi) is 5.03. The van der Waals surface area contributed by atoms with E-state index < -0.39 is 12.0 Å². The zero-order valence-electron chi connectivity index (χ0n) is 15.5. The van der Waals surface area contributed by atoms with E-state index in [-0.39, 0.29) is 0 Å². The zero-order chi connectivity index (χ0) is 19.5. The molecule has 1 aromatic carbocycles. The first-order chi connectivity index (χ1) is 13.6. The fourth-order valence-electron chi connectivity index (χ4n) is 3.37. The second-order valence-electron chi connectivity index (χ2n) is 6.79. The van der Waals surface area contributed by atoms with Crippen molar-refractivity contribution in [1.82, 2.24) is 24.6 Å². The van der Waals surface area contributed by atoms with Gasteiger partial charge in [0.05, 0.1) is 18.8 Å².